The van der Waals surface area contributed by atoms with Gasteiger partial charge >= 0.3 is 0 Å². The molecule has 0 radical (unpaired) electrons. The summed E-state index contributed by atoms with van der Waals surface area (Å²) in [5, 5.41) is 11.7. The Kier molecular flexibility index (Phi) is 4.63. The standard InChI is InChI=1S/C21H19N5O2/c1-15-14-22-26(17-6-4-3-5-7-17)20(15)23-21(27)19-12-13-25(24-19)16-8-10-18(28-2)11-9-16/h3-14H,1-2H3,(H,23,27). The third-order valence-electron chi connectivity index (χ3n) is 4.34. The third kappa shape index (κ3) is 3.37. The van der Waals surface area contributed by atoms with Crippen molar-refractivity contribution in [3.63, 3.8) is 0 Å². The van der Waals surface area contributed by atoms with Gasteiger partial charge in [0, 0.05) is 11.8 Å². The Morgan fingerprint density at radius 2 is 1.75 bits per heavy atom. The number of nitrogens with one attached hydrogen (secondary N) is 1. The highest BCUT2D eigenvalue weighted by atomic mass is 16.5. The van der Waals surface area contributed by atoms with Crippen LogP contribution in [0.1, 0.15) is 16.1 Å². The molecule has 2 aromatic heterocycles. The van der Waals surface area contributed by atoms with Gasteiger partial charge in [0.25, 0.3) is 5.91 Å². The number of methoxy groups -OCH3 is 1. The Hall–Kier alpha value is -3.87. The number of para-hydroxylation sites is 1. The molecule has 7 heteroatoms. The number of hydrogen-bond donors (Lipinski definition) is 1. The van der Waals surface area contributed by atoms with Crippen molar-refractivity contribution in [2.45, 2.75) is 6.92 Å². The summed E-state index contributed by atoms with van der Waals surface area (Å²) in [5.41, 5.74) is 2.89. The molecule has 0 aliphatic rings. The summed E-state index contributed by atoms with van der Waals surface area (Å²) in [4.78, 5) is 12.7. The van der Waals surface area contributed by atoms with Gasteiger partial charge in [-0.15, -0.1) is 0 Å². The number of hydrogen-bond acceptors (Lipinski definition) is 4. The molecule has 0 spiro atoms. The number of ether oxygens (including phenoxy) is 1. The van der Waals surface area contributed by atoms with E-state index in [-0.39, 0.29) is 5.91 Å². The Bertz CT molecular complexity index is 1100. The molecule has 2 heterocycles. The van der Waals surface area contributed by atoms with Crippen molar-refractivity contribution in [1.82, 2.24) is 19.6 Å². The van der Waals surface area contributed by atoms with Gasteiger partial charge in [0.1, 0.15) is 11.6 Å². The van der Waals surface area contributed by atoms with Crippen LogP contribution in [0.4, 0.5) is 5.82 Å². The van der Waals surface area contributed by atoms with E-state index >= 15 is 0 Å². The Labute approximate surface area is 162 Å². The topological polar surface area (TPSA) is 74.0 Å². The van der Waals surface area contributed by atoms with E-state index in [4.69, 9.17) is 4.74 Å². The highest BCUT2D eigenvalue weighted by Gasteiger charge is 2.16. The smallest absolute Gasteiger partial charge is 0.277 e. The molecule has 2 aromatic carbocycles. The van der Waals surface area contributed by atoms with E-state index in [1.807, 2.05) is 61.5 Å². The number of benzene rings is 2. The van der Waals surface area contributed by atoms with Crippen LogP contribution in [0, 0.1) is 6.92 Å². The second kappa shape index (κ2) is 7.40. The number of rotatable bonds is 5. The first-order chi connectivity index (χ1) is 13.7. The van der Waals surface area contributed by atoms with E-state index in [0.29, 0.717) is 11.5 Å². The van der Waals surface area contributed by atoms with Gasteiger partial charge in [-0.05, 0) is 49.4 Å². The lowest BCUT2D eigenvalue weighted by Crippen LogP contribution is -2.16. The van der Waals surface area contributed by atoms with E-state index in [1.54, 1.807) is 34.9 Å². The second-order valence-corrected chi connectivity index (χ2v) is 6.22. The van der Waals surface area contributed by atoms with Crippen LogP contribution < -0.4 is 10.1 Å². The molecule has 0 bridgehead atoms. The molecule has 0 saturated carbocycles. The number of aromatic nitrogens is 4. The van der Waals surface area contributed by atoms with Crippen LogP contribution in [0.15, 0.2) is 73.1 Å². The van der Waals surface area contributed by atoms with E-state index in [2.05, 4.69) is 15.5 Å². The van der Waals surface area contributed by atoms with Crippen LogP contribution in [-0.4, -0.2) is 32.6 Å². The first-order valence-corrected chi connectivity index (χ1v) is 8.77. The molecule has 28 heavy (non-hydrogen) atoms. The lowest BCUT2D eigenvalue weighted by atomic mass is 10.3. The molecule has 0 saturated heterocycles. The zero-order valence-electron chi connectivity index (χ0n) is 15.5. The third-order valence-corrected chi connectivity index (χ3v) is 4.34. The summed E-state index contributed by atoms with van der Waals surface area (Å²) in [7, 11) is 1.62. The van der Waals surface area contributed by atoms with Gasteiger partial charge in [-0.1, -0.05) is 18.2 Å². The van der Waals surface area contributed by atoms with Crippen molar-refractivity contribution in [3.05, 3.63) is 84.3 Å². The number of amides is 1. The number of anilines is 1. The summed E-state index contributed by atoms with van der Waals surface area (Å²) >= 11 is 0. The molecule has 0 atom stereocenters. The summed E-state index contributed by atoms with van der Waals surface area (Å²) in [6.45, 7) is 1.90. The van der Waals surface area contributed by atoms with Crippen LogP contribution in [0.2, 0.25) is 0 Å². The minimum atomic E-state index is -0.298. The lowest BCUT2D eigenvalue weighted by molar-refractivity contribution is 0.102. The molecule has 140 valence electrons. The monoisotopic (exact) mass is 373 g/mol. The number of aryl methyl sites for hydroxylation is 1. The van der Waals surface area contributed by atoms with Gasteiger partial charge in [-0.2, -0.15) is 10.2 Å². The minimum absolute atomic E-state index is 0.298. The fourth-order valence-corrected chi connectivity index (χ4v) is 2.84. The number of carbonyl (C=O) groups is 1. The SMILES string of the molecule is COc1ccc(-n2ccc(C(=O)Nc3c(C)cnn3-c3ccccc3)n2)cc1. The van der Waals surface area contributed by atoms with Gasteiger partial charge in [0.15, 0.2) is 5.69 Å². The van der Waals surface area contributed by atoms with E-state index in [0.717, 1.165) is 22.7 Å². The van der Waals surface area contributed by atoms with Crippen LogP contribution in [0.25, 0.3) is 11.4 Å². The largest absolute Gasteiger partial charge is 0.497 e. The van der Waals surface area contributed by atoms with Crippen molar-refractivity contribution < 1.29 is 9.53 Å². The molecule has 4 aromatic rings. The molecule has 0 unspecified atom stereocenters. The van der Waals surface area contributed by atoms with Crippen molar-refractivity contribution in [2.24, 2.45) is 0 Å². The lowest BCUT2D eigenvalue weighted by Gasteiger charge is -2.09. The van der Waals surface area contributed by atoms with E-state index in [1.165, 1.54) is 0 Å². The van der Waals surface area contributed by atoms with Gasteiger partial charge in [0.05, 0.1) is 24.7 Å². The molecular formula is C21H19N5O2. The predicted molar refractivity (Wildman–Crippen MR) is 106 cm³/mol. The zero-order valence-corrected chi connectivity index (χ0v) is 15.5. The summed E-state index contributed by atoms with van der Waals surface area (Å²) in [6, 6.07) is 18.8. The van der Waals surface area contributed by atoms with Crippen LogP contribution >= 0.6 is 0 Å². The van der Waals surface area contributed by atoms with E-state index < -0.39 is 0 Å². The molecule has 0 aliphatic heterocycles. The second-order valence-electron chi connectivity index (χ2n) is 6.22. The van der Waals surface area contributed by atoms with Gasteiger partial charge in [0.2, 0.25) is 0 Å². The summed E-state index contributed by atoms with van der Waals surface area (Å²) in [6.07, 6.45) is 3.47. The Morgan fingerprint density at radius 1 is 1.00 bits per heavy atom. The average molecular weight is 373 g/mol. The van der Waals surface area contributed by atoms with Crippen LogP contribution in [-0.2, 0) is 0 Å². The van der Waals surface area contributed by atoms with E-state index in [9.17, 15) is 4.79 Å². The Balaban J connectivity index is 1.57. The highest BCUT2D eigenvalue weighted by molar-refractivity contribution is 6.02. The maximum atomic E-state index is 12.7. The predicted octanol–water partition coefficient (Wildman–Crippen LogP) is 3.63. The average Bonchev–Trinajstić information content (AvgIpc) is 3.37. The van der Waals surface area contributed by atoms with Crippen LogP contribution in [0.3, 0.4) is 0 Å². The van der Waals surface area contributed by atoms with Crippen molar-refractivity contribution in [3.8, 4) is 17.1 Å². The molecule has 0 fully saturated rings. The van der Waals surface area contributed by atoms with Gasteiger partial charge < -0.3 is 10.1 Å². The molecule has 1 amide bonds. The maximum absolute atomic E-state index is 12.7. The first kappa shape index (κ1) is 17.5. The Morgan fingerprint density at radius 3 is 2.46 bits per heavy atom. The normalized spacial score (nSPS) is 10.6. The zero-order chi connectivity index (χ0) is 19.5. The maximum Gasteiger partial charge on any atom is 0.277 e. The van der Waals surface area contributed by atoms with Crippen molar-refractivity contribution in [1.29, 1.82) is 0 Å². The van der Waals surface area contributed by atoms with Gasteiger partial charge in [-0.3, -0.25) is 4.79 Å². The number of carbonyl (C=O) groups excluding carboxylic acids is 1. The van der Waals surface area contributed by atoms with Gasteiger partial charge in [-0.25, -0.2) is 9.36 Å². The molecule has 1 N–H and O–H groups in total. The summed E-state index contributed by atoms with van der Waals surface area (Å²) < 4.78 is 8.51. The number of nitrogens with zero attached hydrogens (tertiary/aromatic N) is 4. The molecule has 0 aliphatic carbocycles. The quantitative estimate of drug-likeness (QED) is 0.580. The fraction of sp³-hybridized carbons (Fsp3) is 0.0952. The van der Waals surface area contributed by atoms with Crippen molar-refractivity contribution >= 4 is 11.7 Å². The molecular weight excluding hydrogens is 354 g/mol. The van der Waals surface area contributed by atoms with Crippen molar-refractivity contribution in [2.75, 3.05) is 12.4 Å². The highest BCUT2D eigenvalue weighted by Crippen LogP contribution is 2.20. The molecule has 4 rings (SSSR count). The minimum Gasteiger partial charge on any atom is -0.497 e. The summed E-state index contributed by atoms with van der Waals surface area (Å²) in [5.74, 6) is 1.08. The molecule has 7 nitrogen and oxygen atoms in total. The fourth-order valence-electron chi connectivity index (χ4n) is 2.84. The first-order valence-electron chi connectivity index (χ1n) is 8.77. The van der Waals surface area contributed by atoms with Crippen LogP contribution in [0.5, 0.6) is 5.75 Å².